The number of hydrogen-bond donors (Lipinski definition) is 1. The van der Waals surface area contributed by atoms with Gasteiger partial charge in [0.05, 0.1) is 0 Å². The minimum atomic E-state index is 0.00229. The first-order chi connectivity index (χ1) is 10.3. The molecule has 1 aliphatic carbocycles. The van der Waals surface area contributed by atoms with Crippen LogP contribution in [0.15, 0.2) is 24.3 Å². The SMILES string of the molecule is CCc1cccc(OCC(=O)NC2CCCCCCC2)c1. The van der Waals surface area contributed by atoms with Crippen molar-refractivity contribution in [1.82, 2.24) is 5.32 Å². The summed E-state index contributed by atoms with van der Waals surface area (Å²) in [5.74, 6) is 0.782. The van der Waals surface area contributed by atoms with Crippen LogP contribution < -0.4 is 10.1 Å². The molecule has 1 aromatic rings. The molecule has 1 aliphatic rings. The van der Waals surface area contributed by atoms with Crippen molar-refractivity contribution in [3.63, 3.8) is 0 Å². The van der Waals surface area contributed by atoms with E-state index in [0.717, 1.165) is 25.0 Å². The zero-order valence-electron chi connectivity index (χ0n) is 13.1. The van der Waals surface area contributed by atoms with Gasteiger partial charge in [0, 0.05) is 6.04 Å². The van der Waals surface area contributed by atoms with E-state index >= 15 is 0 Å². The molecular formula is C18H27NO2. The van der Waals surface area contributed by atoms with Crippen LogP contribution in [0.25, 0.3) is 0 Å². The van der Waals surface area contributed by atoms with Gasteiger partial charge >= 0.3 is 0 Å². The van der Waals surface area contributed by atoms with E-state index < -0.39 is 0 Å². The summed E-state index contributed by atoms with van der Waals surface area (Å²) in [6.07, 6.45) is 9.59. The molecular weight excluding hydrogens is 262 g/mol. The van der Waals surface area contributed by atoms with Crippen LogP contribution in [0.3, 0.4) is 0 Å². The molecule has 3 nitrogen and oxygen atoms in total. The molecule has 0 unspecified atom stereocenters. The summed E-state index contributed by atoms with van der Waals surface area (Å²) in [5.41, 5.74) is 1.23. The number of ether oxygens (including phenoxy) is 1. The smallest absolute Gasteiger partial charge is 0.258 e. The first-order valence-electron chi connectivity index (χ1n) is 8.29. The van der Waals surface area contributed by atoms with Crippen LogP contribution in [-0.4, -0.2) is 18.6 Å². The van der Waals surface area contributed by atoms with Gasteiger partial charge in [0.2, 0.25) is 0 Å². The maximum atomic E-state index is 12.0. The predicted molar refractivity (Wildman–Crippen MR) is 85.6 cm³/mol. The van der Waals surface area contributed by atoms with Gasteiger partial charge in [-0.25, -0.2) is 0 Å². The minimum Gasteiger partial charge on any atom is -0.484 e. The number of amides is 1. The summed E-state index contributed by atoms with van der Waals surface area (Å²) >= 11 is 0. The van der Waals surface area contributed by atoms with E-state index in [-0.39, 0.29) is 12.5 Å². The molecule has 0 atom stereocenters. The van der Waals surface area contributed by atoms with Crippen molar-refractivity contribution in [2.24, 2.45) is 0 Å². The number of carbonyl (C=O) groups is 1. The molecule has 0 bridgehead atoms. The maximum Gasteiger partial charge on any atom is 0.258 e. The van der Waals surface area contributed by atoms with Gasteiger partial charge in [-0.1, -0.05) is 51.2 Å². The minimum absolute atomic E-state index is 0.00229. The Morgan fingerprint density at radius 1 is 1.19 bits per heavy atom. The van der Waals surface area contributed by atoms with Gasteiger partial charge in [0.15, 0.2) is 6.61 Å². The highest BCUT2D eigenvalue weighted by Gasteiger charge is 2.14. The van der Waals surface area contributed by atoms with Crippen LogP contribution in [0.1, 0.15) is 57.4 Å². The van der Waals surface area contributed by atoms with E-state index in [4.69, 9.17) is 4.74 Å². The van der Waals surface area contributed by atoms with E-state index in [1.54, 1.807) is 0 Å². The number of hydrogen-bond acceptors (Lipinski definition) is 2. The monoisotopic (exact) mass is 289 g/mol. The fraction of sp³-hybridized carbons (Fsp3) is 0.611. The van der Waals surface area contributed by atoms with E-state index in [9.17, 15) is 4.79 Å². The summed E-state index contributed by atoms with van der Waals surface area (Å²) in [4.78, 5) is 12.0. The van der Waals surface area contributed by atoms with Crippen molar-refractivity contribution >= 4 is 5.91 Å². The Morgan fingerprint density at radius 3 is 2.62 bits per heavy atom. The molecule has 0 aromatic heterocycles. The number of aryl methyl sites for hydroxylation is 1. The Morgan fingerprint density at radius 2 is 1.90 bits per heavy atom. The molecule has 1 fully saturated rings. The topological polar surface area (TPSA) is 38.3 Å². The van der Waals surface area contributed by atoms with Gasteiger partial charge < -0.3 is 10.1 Å². The van der Waals surface area contributed by atoms with Crippen LogP contribution in [0.5, 0.6) is 5.75 Å². The molecule has 0 spiro atoms. The number of rotatable bonds is 5. The Bertz CT molecular complexity index is 437. The van der Waals surface area contributed by atoms with Crippen LogP contribution in [0, 0.1) is 0 Å². The van der Waals surface area contributed by atoms with E-state index in [1.165, 1.54) is 37.7 Å². The van der Waals surface area contributed by atoms with Gasteiger partial charge in [-0.15, -0.1) is 0 Å². The fourth-order valence-electron chi connectivity index (χ4n) is 2.87. The lowest BCUT2D eigenvalue weighted by Gasteiger charge is -2.21. The average molecular weight is 289 g/mol. The van der Waals surface area contributed by atoms with Crippen molar-refractivity contribution in [3.8, 4) is 5.75 Å². The van der Waals surface area contributed by atoms with E-state index in [2.05, 4.69) is 18.3 Å². The van der Waals surface area contributed by atoms with E-state index in [1.807, 2.05) is 18.2 Å². The zero-order valence-corrected chi connectivity index (χ0v) is 13.1. The predicted octanol–water partition coefficient (Wildman–Crippen LogP) is 3.86. The molecule has 116 valence electrons. The van der Waals surface area contributed by atoms with Gasteiger partial charge in [0.1, 0.15) is 5.75 Å². The molecule has 3 heteroatoms. The quantitative estimate of drug-likeness (QED) is 0.894. The molecule has 1 N–H and O–H groups in total. The van der Waals surface area contributed by atoms with Crippen LogP contribution in [-0.2, 0) is 11.2 Å². The van der Waals surface area contributed by atoms with Crippen LogP contribution in [0.2, 0.25) is 0 Å². The Labute approximate surface area is 128 Å². The Kier molecular flexibility index (Phi) is 6.58. The lowest BCUT2D eigenvalue weighted by molar-refractivity contribution is -0.123. The Hall–Kier alpha value is -1.51. The molecule has 1 saturated carbocycles. The van der Waals surface area contributed by atoms with Crippen molar-refractivity contribution in [1.29, 1.82) is 0 Å². The van der Waals surface area contributed by atoms with Gasteiger partial charge in [-0.3, -0.25) is 4.79 Å². The van der Waals surface area contributed by atoms with E-state index in [0.29, 0.717) is 6.04 Å². The highest BCUT2D eigenvalue weighted by molar-refractivity contribution is 5.77. The van der Waals surface area contributed by atoms with Gasteiger partial charge in [-0.05, 0) is 37.0 Å². The van der Waals surface area contributed by atoms with Gasteiger partial charge in [-0.2, -0.15) is 0 Å². The molecule has 1 aromatic carbocycles. The fourth-order valence-corrected chi connectivity index (χ4v) is 2.87. The number of nitrogens with one attached hydrogen (secondary N) is 1. The highest BCUT2D eigenvalue weighted by Crippen LogP contribution is 2.17. The van der Waals surface area contributed by atoms with Crippen molar-refractivity contribution < 1.29 is 9.53 Å². The van der Waals surface area contributed by atoms with Crippen LogP contribution in [0.4, 0.5) is 0 Å². The standard InChI is InChI=1S/C18H27NO2/c1-2-15-9-8-12-17(13-15)21-14-18(20)19-16-10-6-4-3-5-7-11-16/h8-9,12-13,16H,2-7,10-11,14H2,1H3,(H,19,20). The van der Waals surface area contributed by atoms with Crippen molar-refractivity contribution in [2.45, 2.75) is 64.3 Å². The summed E-state index contributed by atoms with van der Waals surface area (Å²) < 4.78 is 5.60. The lowest BCUT2D eigenvalue weighted by Crippen LogP contribution is -2.38. The molecule has 0 aliphatic heterocycles. The molecule has 21 heavy (non-hydrogen) atoms. The van der Waals surface area contributed by atoms with Gasteiger partial charge in [0.25, 0.3) is 5.91 Å². The molecule has 0 heterocycles. The third kappa shape index (κ3) is 5.78. The third-order valence-electron chi connectivity index (χ3n) is 4.15. The van der Waals surface area contributed by atoms with Crippen molar-refractivity contribution in [3.05, 3.63) is 29.8 Å². The maximum absolute atomic E-state index is 12.0. The second-order valence-electron chi connectivity index (χ2n) is 5.90. The molecule has 1 amide bonds. The third-order valence-corrected chi connectivity index (χ3v) is 4.15. The second-order valence-corrected chi connectivity index (χ2v) is 5.90. The van der Waals surface area contributed by atoms with Crippen molar-refractivity contribution in [2.75, 3.05) is 6.61 Å². The molecule has 0 radical (unpaired) electrons. The summed E-state index contributed by atoms with van der Waals surface area (Å²) in [7, 11) is 0. The van der Waals surface area contributed by atoms with Crippen LogP contribution >= 0.6 is 0 Å². The lowest BCUT2D eigenvalue weighted by atomic mass is 9.97. The normalized spacial score (nSPS) is 16.8. The molecule has 0 saturated heterocycles. The molecule has 2 rings (SSSR count). The summed E-state index contributed by atoms with van der Waals surface area (Å²) in [6.45, 7) is 2.23. The first kappa shape index (κ1) is 15.9. The second kappa shape index (κ2) is 8.71. The first-order valence-corrected chi connectivity index (χ1v) is 8.29. The average Bonchev–Trinajstić information content (AvgIpc) is 2.48. The highest BCUT2D eigenvalue weighted by atomic mass is 16.5. The number of carbonyl (C=O) groups excluding carboxylic acids is 1. The Balaban J connectivity index is 1.75. The summed E-state index contributed by atoms with van der Waals surface area (Å²) in [6, 6.07) is 8.29. The summed E-state index contributed by atoms with van der Waals surface area (Å²) in [5, 5.41) is 3.12. The largest absolute Gasteiger partial charge is 0.484 e. The zero-order chi connectivity index (χ0) is 14.9. The number of benzene rings is 1.